The van der Waals surface area contributed by atoms with Crippen LogP contribution in [0.2, 0.25) is 0 Å². The van der Waals surface area contributed by atoms with E-state index in [2.05, 4.69) is 0 Å². The minimum absolute atomic E-state index is 0.0105. The third kappa shape index (κ3) is 3.67. The van der Waals surface area contributed by atoms with Crippen LogP contribution in [-0.2, 0) is 19.1 Å². The topological polar surface area (TPSA) is 95.7 Å². The zero-order valence-corrected chi connectivity index (χ0v) is 13.1. The number of nitro benzene ring substituents is 1. The lowest BCUT2D eigenvalue weighted by molar-refractivity contribution is -0.384. The van der Waals surface area contributed by atoms with E-state index in [1.54, 1.807) is 12.1 Å². The molecule has 2 rings (SSSR count). The van der Waals surface area contributed by atoms with Gasteiger partial charge >= 0.3 is 11.9 Å². The number of non-ortho nitro benzene ring substituents is 1. The highest BCUT2D eigenvalue weighted by Gasteiger charge is 2.39. The van der Waals surface area contributed by atoms with Gasteiger partial charge in [-0.1, -0.05) is 12.1 Å². The number of methoxy groups -OCH3 is 2. The fraction of sp³-hybridized carbons (Fsp3) is 0.500. The van der Waals surface area contributed by atoms with E-state index in [-0.39, 0.29) is 35.4 Å². The van der Waals surface area contributed by atoms with Crippen LogP contribution in [0.1, 0.15) is 30.7 Å². The van der Waals surface area contributed by atoms with Crippen molar-refractivity contribution in [1.29, 1.82) is 0 Å². The average molecular weight is 321 g/mol. The largest absolute Gasteiger partial charge is 0.469 e. The van der Waals surface area contributed by atoms with Gasteiger partial charge in [0, 0.05) is 12.1 Å². The molecule has 23 heavy (non-hydrogen) atoms. The van der Waals surface area contributed by atoms with Crippen LogP contribution in [0.4, 0.5) is 5.69 Å². The predicted molar refractivity (Wildman–Crippen MR) is 80.7 cm³/mol. The van der Waals surface area contributed by atoms with Crippen LogP contribution < -0.4 is 0 Å². The molecule has 0 amide bonds. The lowest BCUT2D eigenvalue weighted by atomic mass is 9.71. The molecule has 124 valence electrons. The number of nitrogens with zero attached hydrogens (tertiary/aromatic N) is 1. The first-order chi connectivity index (χ1) is 11.0. The molecular formula is C16H19NO6. The molecule has 1 aliphatic carbocycles. The van der Waals surface area contributed by atoms with Gasteiger partial charge in [-0.25, -0.2) is 0 Å². The summed E-state index contributed by atoms with van der Waals surface area (Å²) in [7, 11) is 2.68. The highest BCUT2D eigenvalue weighted by Crippen LogP contribution is 2.42. The standard InChI is InChI=1S/C16H19NO6/c1-22-15(18)11-5-8-13(16(19)23-2)14(9-11)10-3-6-12(7-4-10)17(20)21/h3-4,6-7,11,13-14H,5,8-9H2,1-2H3/t11-,13+,14-/m1/s1. The molecule has 7 nitrogen and oxygen atoms in total. The lowest BCUT2D eigenvalue weighted by Gasteiger charge is -2.33. The number of esters is 2. The van der Waals surface area contributed by atoms with Gasteiger partial charge in [0.05, 0.1) is 31.0 Å². The van der Waals surface area contributed by atoms with E-state index in [4.69, 9.17) is 9.47 Å². The molecule has 0 aliphatic heterocycles. The maximum absolute atomic E-state index is 12.0. The second-order valence-electron chi connectivity index (χ2n) is 5.62. The van der Waals surface area contributed by atoms with Crippen LogP contribution in [0, 0.1) is 22.0 Å². The number of hydrogen-bond acceptors (Lipinski definition) is 6. The van der Waals surface area contributed by atoms with E-state index in [1.807, 2.05) is 0 Å². The zero-order chi connectivity index (χ0) is 17.0. The highest BCUT2D eigenvalue weighted by molar-refractivity contribution is 5.76. The minimum Gasteiger partial charge on any atom is -0.469 e. The minimum atomic E-state index is -0.473. The van der Waals surface area contributed by atoms with Gasteiger partial charge in [-0.05, 0) is 30.7 Å². The van der Waals surface area contributed by atoms with Crippen molar-refractivity contribution in [2.75, 3.05) is 14.2 Å². The second-order valence-corrected chi connectivity index (χ2v) is 5.62. The molecule has 0 spiro atoms. The summed E-state index contributed by atoms with van der Waals surface area (Å²) >= 11 is 0. The summed E-state index contributed by atoms with van der Waals surface area (Å²) in [6, 6.07) is 6.09. The van der Waals surface area contributed by atoms with Crippen LogP contribution >= 0.6 is 0 Å². The van der Waals surface area contributed by atoms with Gasteiger partial charge in [-0.2, -0.15) is 0 Å². The highest BCUT2D eigenvalue weighted by atomic mass is 16.6. The van der Waals surface area contributed by atoms with Crippen molar-refractivity contribution < 1.29 is 24.0 Å². The number of benzene rings is 1. The molecule has 1 saturated carbocycles. The van der Waals surface area contributed by atoms with Gasteiger partial charge in [0.15, 0.2) is 0 Å². The summed E-state index contributed by atoms with van der Waals surface area (Å²) in [6.07, 6.45) is 1.55. The Hall–Kier alpha value is -2.44. The molecule has 0 bridgehead atoms. The fourth-order valence-corrected chi connectivity index (χ4v) is 3.20. The molecule has 0 heterocycles. The van der Waals surface area contributed by atoms with Crippen molar-refractivity contribution >= 4 is 17.6 Å². The summed E-state index contributed by atoms with van der Waals surface area (Å²) in [5.41, 5.74) is 0.781. The molecule has 0 radical (unpaired) electrons. The van der Waals surface area contributed by atoms with Gasteiger partial charge < -0.3 is 9.47 Å². The molecule has 1 aromatic rings. The number of nitro groups is 1. The first-order valence-electron chi connectivity index (χ1n) is 7.38. The van der Waals surface area contributed by atoms with Crippen molar-refractivity contribution in [3.05, 3.63) is 39.9 Å². The van der Waals surface area contributed by atoms with Crippen molar-refractivity contribution in [3.63, 3.8) is 0 Å². The Labute approximate surface area is 133 Å². The SMILES string of the molecule is COC(=O)[C@@H]1CC[C@H](C(=O)OC)[C@@H](c2ccc([N+](=O)[O-])cc2)C1. The van der Waals surface area contributed by atoms with E-state index in [0.29, 0.717) is 19.3 Å². The van der Waals surface area contributed by atoms with Crippen LogP contribution in [-0.4, -0.2) is 31.1 Å². The van der Waals surface area contributed by atoms with Gasteiger partial charge in [-0.15, -0.1) is 0 Å². The molecule has 1 fully saturated rings. The summed E-state index contributed by atoms with van der Waals surface area (Å²) in [5, 5.41) is 10.8. The first kappa shape index (κ1) is 16.9. The number of hydrogen-bond donors (Lipinski definition) is 0. The van der Waals surface area contributed by atoms with Gasteiger partial charge in [-0.3, -0.25) is 19.7 Å². The summed E-state index contributed by atoms with van der Waals surface area (Å²) in [6.45, 7) is 0. The van der Waals surface area contributed by atoms with Crippen LogP contribution in [0.3, 0.4) is 0 Å². The molecule has 3 atom stereocenters. The molecule has 1 aliphatic rings. The number of rotatable bonds is 4. The Kier molecular flexibility index (Phi) is 5.31. The summed E-state index contributed by atoms with van der Waals surface area (Å²) in [5.74, 6) is -1.47. The molecule has 0 N–H and O–H groups in total. The van der Waals surface area contributed by atoms with E-state index >= 15 is 0 Å². The Morgan fingerprint density at radius 1 is 1.09 bits per heavy atom. The van der Waals surface area contributed by atoms with Crippen molar-refractivity contribution in [2.24, 2.45) is 11.8 Å². The quantitative estimate of drug-likeness (QED) is 0.480. The van der Waals surface area contributed by atoms with E-state index in [0.717, 1.165) is 5.56 Å². The Morgan fingerprint density at radius 2 is 1.70 bits per heavy atom. The van der Waals surface area contributed by atoms with Crippen molar-refractivity contribution in [3.8, 4) is 0 Å². The summed E-state index contributed by atoms with van der Waals surface area (Å²) < 4.78 is 9.66. The first-order valence-corrected chi connectivity index (χ1v) is 7.38. The lowest BCUT2D eigenvalue weighted by Crippen LogP contribution is -2.33. The van der Waals surface area contributed by atoms with Crippen LogP contribution in [0.25, 0.3) is 0 Å². The predicted octanol–water partition coefficient (Wildman–Crippen LogP) is 2.44. The normalized spacial score (nSPS) is 23.8. The maximum atomic E-state index is 12.0. The van der Waals surface area contributed by atoms with Crippen LogP contribution in [0.5, 0.6) is 0 Å². The molecule has 0 saturated heterocycles. The number of carbonyl (C=O) groups is 2. The zero-order valence-electron chi connectivity index (χ0n) is 13.1. The Morgan fingerprint density at radius 3 is 2.22 bits per heavy atom. The number of carbonyl (C=O) groups excluding carboxylic acids is 2. The van der Waals surface area contributed by atoms with E-state index in [1.165, 1.54) is 26.4 Å². The number of ether oxygens (including phenoxy) is 2. The fourth-order valence-electron chi connectivity index (χ4n) is 3.20. The smallest absolute Gasteiger partial charge is 0.309 e. The Balaban J connectivity index is 2.28. The Bertz CT molecular complexity index is 597. The molecule has 0 aromatic heterocycles. The molecule has 7 heteroatoms. The molecule has 0 unspecified atom stereocenters. The third-order valence-corrected chi connectivity index (χ3v) is 4.42. The van der Waals surface area contributed by atoms with E-state index < -0.39 is 4.92 Å². The van der Waals surface area contributed by atoms with Crippen molar-refractivity contribution in [2.45, 2.75) is 25.2 Å². The monoisotopic (exact) mass is 321 g/mol. The van der Waals surface area contributed by atoms with Gasteiger partial charge in [0.1, 0.15) is 0 Å². The molecular weight excluding hydrogens is 302 g/mol. The maximum Gasteiger partial charge on any atom is 0.309 e. The van der Waals surface area contributed by atoms with Crippen molar-refractivity contribution in [1.82, 2.24) is 0 Å². The van der Waals surface area contributed by atoms with E-state index in [9.17, 15) is 19.7 Å². The molecule has 1 aromatic carbocycles. The third-order valence-electron chi connectivity index (χ3n) is 4.42. The van der Waals surface area contributed by atoms with Crippen LogP contribution in [0.15, 0.2) is 24.3 Å². The van der Waals surface area contributed by atoms with Gasteiger partial charge in [0.2, 0.25) is 0 Å². The summed E-state index contributed by atoms with van der Waals surface area (Å²) in [4.78, 5) is 34.1. The second kappa shape index (κ2) is 7.21. The average Bonchev–Trinajstić information content (AvgIpc) is 2.59. The van der Waals surface area contributed by atoms with Gasteiger partial charge in [0.25, 0.3) is 5.69 Å².